The van der Waals surface area contributed by atoms with Crippen LogP contribution in [0.2, 0.25) is 0 Å². The summed E-state index contributed by atoms with van der Waals surface area (Å²) in [7, 11) is 0. The van der Waals surface area contributed by atoms with Gasteiger partial charge in [-0.3, -0.25) is 4.79 Å². The molecule has 2 heterocycles. The average molecular weight is 314 g/mol. The van der Waals surface area contributed by atoms with Crippen LogP contribution in [0.25, 0.3) is 0 Å². The normalized spacial score (nSPS) is 17.3. The maximum Gasteiger partial charge on any atom is 0.354 e. The maximum absolute atomic E-state index is 13.4. The Hall–Kier alpha value is -2.76. The Morgan fingerprint density at radius 2 is 2.09 bits per heavy atom. The molecule has 1 aromatic carbocycles. The maximum atomic E-state index is 13.4. The summed E-state index contributed by atoms with van der Waals surface area (Å²) in [6.07, 6.45) is 2.89. The molecule has 0 aliphatic carbocycles. The van der Waals surface area contributed by atoms with Gasteiger partial charge in [0.15, 0.2) is 0 Å². The summed E-state index contributed by atoms with van der Waals surface area (Å²) in [6.45, 7) is 0.584. The van der Waals surface area contributed by atoms with Crippen molar-refractivity contribution in [2.24, 2.45) is 0 Å². The summed E-state index contributed by atoms with van der Waals surface area (Å²) in [6, 6.07) is 8.86. The van der Waals surface area contributed by atoms with E-state index in [4.69, 9.17) is 5.11 Å². The molecule has 1 unspecified atom stereocenters. The number of likely N-dealkylation sites (tertiary alicyclic amines) is 1. The molecule has 1 aliphatic heterocycles. The van der Waals surface area contributed by atoms with E-state index in [0.717, 1.165) is 18.4 Å². The number of aromatic carboxylic acids is 1. The van der Waals surface area contributed by atoms with E-state index in [0.29, 0.717) is 12.1 Å². The summed E-state index contributed by atoms with van der Waals surface area (Å²) in [4.78, 5) is 28.9. The van der Waals surface area contributed by atoms with Crippen molar-refractivity contribution in [3.8, 4) is 0 Å². The van der Waals surface area contributed by atoms with Crippen LogP contribution in [0.4, 0.5) is 4.39 Å². The molecule has 1 aromatic heterocycles. The zero-order chi connectivity index (χ0) is 16.4. The van der Waals surface area contributed by atoms with E-state index in [2.05, 4.69) is 4.98 Å². The molecule has 1 saturated heterocycles. The number of benzene rings is 1. The molecule has 0 saturated carbocycles. The topological polar surface area (TPSA) is 70.5 Å². The highest BCUT2D eigenvalue weighted by Crippen LogP contribution is 2.33. The van der Waals surface area contributed by atoms with Gasteiger partial charge in [-0.2, -0.15) is 0 Å². The summed E-state index contributed by atoms with van der Waals surface area (Å²) in [5.41, 5.74) is 0.994. The van der Waals surface area contributed by atoms with Crippen LogP contribution in [0, 0.1) is 5.82 Å². The lowest BCUT2D eigenvalue weighted by Crippen LogP contribution is -2.30. The number of hydrogen-bond acceptors (Lipinski definition) is 3. The zero-order valence-corrected chi connectivity index (χ0v) is 12.3. The van der Waals surface area contributed by atoms with Gasteiger partial charge in [0.25, 0.3) is 5.91 Å². The van der Waals surface area contributed by atoms with Crippen molar-refractivity contribution in [3.63, 3.8) is 0 Å². The van der Waals surface area contributed by atoms with E-state index in [1.807, 2.05) is 6.07 Å². The molecule has 1 amide bonds. The molecular formula is C17H15FN2O3. The molecule has 0 bridgehead atoms. The second-order valence-corrected chi connectivity index (χ2v) is 5.45. The second kappa shape index (κ2) is 6.16. The molecule has 0 spiro atoms. The predicted molar refractivity (Wildman–Crippen MR) is 80.6 cm³/mol. The lowest BCUT2D eigenvalue weighted by atomic mass is 10.0. The molecule has 1 N–H and O–H groups in total. The van der Waals surface area contributed by atoms with Crippen molar-refractivity contribution in [3.05, 3.63) is 65.2 Å². The molecule has 6 heteroatoms. The van der Waals surface area contributed by atoms with Crippen LogP contribution in [0.5, 0.6) is 0 Å². The van der Waals surface area contributed by atoms with Crippen LogP contribution < -0.4 is 0 Å². The zero-order valence-electron chi connectivity index (χ0n) is 12.3. The Morgan fingerprint density at radius 3 is 2.74 bits per heavy atom. The summed E-state index contributed by atoms with van der Waals surface area (Å²) in [5.74, 6) is -1.68. The number of hydrogen-bond donors (Lipinski definition) is 1. The SMILES string of the molecule is O=C(O)c1ccc(C(=O)N2CCCC2c2cccc(F)c2)cn1. The van der Waals surface area contributed by atoms with Crippen molar-refractivity contribution in [1.82, 2.24) is 9.88 Å². The number of carbonyl (C=O) groups excluding carboxylic acids is 1. The van der Waals surface area contributed by atoms with E-state index < -0.39 is 5.97 Å². The molecule has 5 nitrogen and oxygen atoms in total. The van der Waals surface area contributed by atoms with E-state index >= 15 is 0 Å². The van der Waals surface area contributed by atoms with Crippen molar-refractivity contribution in [2.75, 3.05) is 6.54 Å². The minimum atomic E-state index is -1.14. The molecular weight excluding hydrogens is 299 g/mol. The summed E-state index contributed by atoms with van der Waals surface area (Å²) >= 11 is 0. The highest BCUT2D eigenvalue weighted by molar-refractivity contribution is 5.95. The van der Waals surface area contributed by atoms with E-state index in [9.17, 15) is 14.0 Å². The van der Waals surface area contributed by atoms with Gasteiger partial charge in [0, 0.05) is 12.7 Å². The molecule has 1 aliphatic rings. The first kappa shape index (κ1) is 15.1. The lowest BCUT2D eigenvalue weighted by molar-refractivity contribution is 0.0685. The molecule has 3 rings (SSSR count). The number of halogens is 1. The largest absolute Gasteiger partial charge is 0.477 e. The van der Waals surface area contributed by atoms with Gasteiger partial charge in [0.2, 0.25) is 0 Å². The molecule has 1 fully saturated rings. The van der Waals surface area contributed by atoms with Gasteiger partial charge in [0.05, 0.1) is 11.6 Å². The third kappa shape index (κ3) is 3.06. The highest BCUT2D eigenvalue weighted by atomic mass is 19.1. The minimum absolute atomic E-state index is 0.107. The molecule has 118 valence electrons. The van der Waals surface area contributed by atoms with Crippen LogP contribution in [0.1, 0.15) is 45.3 Å². The first-order valence-electron chi connectivity index (χ1n) is 7.32. The molecule has 23 heavy (non-hydrogen) atoms. The van der Waals surface area contributed by atoms with E-state index in [1.165, 1.54) is 30.5 Å². The van der Waals surface area contributed by atoms with Crippen LogP contribution in [0.15, 0.2) is 42.6 Å². The average Bonchev–Trinajstić information content (AvgIpc) is 3.04. The minimum Gasteiger partial charge on any atom is -0.477 e. The van der Waals surface area contributed by atoms with Crippen LogP contribution >= 0.6 is 0 Å². The summed E-state index contributed by atoms with van der Waals surface area (Å²) in [5, 5.41) is 8.85. The van der Waals surface area contributed by atoms with Crippen molar-refractivity contribution < 1.29 is 19.1 Å². The van der Waals surface area contributed by atoms with Crippen molar-refractivity contribution in [2.45, 2.75) is 18.9 Å². The van der Waals surface area contributed by atoms with E-state index in [1.54, 1.807) is 11.0 Å². The van der Waals surface area contributed by atoms with Crippen LogP contribution in [-0.4, -0.2) is 33.4 Å². The third-order valence-electron chi connectivity index (χ3n) is 3.98. The number of carboxylic acid groups (broad SMARTS) is 1. The predicted octanol–water partition coefficient (Wildman–Crippen LogP) is 2.90. The van der Waals surface area contributed by atoms with Gasteiger partial charge < -0.3 is 10.0 Å². The van der Waals surface area contributed by atoms with Crippen LogP contribution in [0.3, 0.4) is 0 Å². The quantitative estimate of drug-likeness (QED) is 0.945. The number of pyridine rings is 1. The first-order chi connectivity index (χ1) is 11.1. The second-order valence-electron chi connectivity index (χ2n) is 5.45. The van der Waals surface area contributed by atoms with Crippen LogP contribution in [-0.2, 0) is 0 Å². The third-order valence-corrected chi connectivity index (χ3v) is 3.98. The lowest BCUT2D eigenvalue weighted by Gasteiger charge is -2.25. The number of carbonyl (C=O) groups is 2. The Labute approximate surface area is 132 Å². The van der Waals surface area contributed by atoms with Gasteiger partial charge in [-0.25, -0.2) is 14.2 Å². The fraction of sp³-hybridized carbons (Fsp3) is 0.235. The number of nitrogens with zero attached hydrogens (tertiary/aromatic N) is 2. The van der Waals surface area contributed by atoms with E-state index in [-0.39, 0.29) is 23.5 Å². The number of rotatable bonds is 3. The Bertz CT molecular complexity index is 746. The van der Waals surface area contributed by atoms with Gasteiger partial charge in [-0.1, -0.05) is 12.1 Å². The Kier molecular flexibility index (Phi) is 4.06. The number of carboxylic acids is 1. The van der Waals surface area contributed by atoms with Gasteiger partial charge >= 0.3 is 5.97 Å². The van der Waals surface area contributed by atoms with Gasteiger partial charge in [-0.15, -0.1) is 0 Å². The fourth-order valence-corrected chi connectivity index (χ4v) is 2.88. The highest BCUT2D eigenvalue weighted by Gasteiger charge is 2.31. The molecule has 2 aromatic rings. The van der Waals surface area contributed by atoms with Gasteiger partial charge in [0.1, 0.15) is 11.5 Å². The smallest absolute Gasteiger partial charge is 0.354 e. The van der Waals surface area contributed by atoms with Crippen molar-refractivity contribution in [1.29, 1.82) is 0 Å². The Balaban J connectivity index is 1.84. The standard InChI is InChI=1S/C17H15FN2O3/c18-13-4-1-3-11(9-13)15-5-2-8-20(15)16(21)12-6-7-14(17(22)23)19-10-12/h1,3-4,6-7,9-10,15H,2,5,8H2,(H,22,23). The Morgan fingerprint density at radius 1 is 1.26 bits per heavy atom. The monoisotopic (exact) mass is 314 g/mol. The van der Waals surface area contributed by atoms with Gasteiger partial charge in [-0.05, 0) is 42.7 Å². The number of aromatic nitrogens is 1. The summed E-state index contributed by atoms with van der Waals surface area (Å²) < 4.78 is 13.4. The number of amides is 1. The molecule has 0 radical (unpaired) electrons. The first-order valence-corrected chi connectivity index (χ1v) is 7.32. The molecule has 1 atom stereocenters. The van der Waals surface area contributed by atoms with Crippen molar-refractivity contribution >= 4 is 11.9 Å². The fourth-order valence-electron chi connectivity index (χ4n) is 2.88.